The van der Waals surface area contributed by atoms with E-state index in [4.69, 9.17) is 0 Å². The van der Waals surface area contributed by atoms with E-state index >= 15 is 0 Å². The fraction of sp³-hybridized carbons (Fsp3) is 0.188. The van der Waals surface area contributed by atoms with Gasteiger partial charge in [0, 0.05) is 12.1 Å². The monoisotopic (exact) mass is 309 g/mol. The minimum absolute atomic E-state index is 0.0132. The number of benzene rings is 2. The van der Waals surface area contributed by atoms with E-state index in [-0.39, 0.29) is 24.0 Å². The second-order valence-corrected chi connectivity index (χ2v) is 4.67. The summed E-state index contributed by atoms with van der Waals surface area (Å²) in [5.41, 5.74) is 1.59. The van der Waals surface area contributed by atoms with E-state index in [2.05, 4.69) is 10.1 Å². The number of aryl methyl sites for hydroxylation is 1. The summed E-state index contributed by atoms with van der Waals surface area (Å²) in [6, 6.07) is 9.95. The second kappa shape index (κ2) is 6.98. The minimum Gasteiger partial charge on any atom is -0.435 e. The van der Waals surface area contributed by atoms with Gasteiger partial charge in [0.25, 0.3) is 5.91 Å². The van der Waals surface area contributed by atoms with Gasteiger partial charge in [-0.15, -0.1) is 0 Å². The molecule has 0 aliphatic carbocycles. The molecule has 0 saturated carbocycles. The fourth-order valence-corrected chi connectivity index (χ4v) is 1.89. The zero-order valence-corrected chi connectivity index (χ0v) is 11.8. The molecule has 0 heterocycles. The first-order chi connectivity index (χ1) is 10.5. The maximum Gasteiger partial charge on any atom is 0.387 e. The molecule has 2 aromatic carbocycles. The van der Waals surface area contributed by atoms with Crippen molar-refractivity contribution in [3.63, 3.8) is 0 Å². The molecule has 6 heteroatoms. The molecule has 0 atom stereocenters. The number of hydrogen-bond acceptors (Lipinski definition) is 2. The number of rotatable bonds is 5. The zero-order valence-electron chi connectivity index (χ0n) is 11.8. The number of amides is 1. The molecule has 2 rings (SSSR count). The fourth-order valence-electron chi connectivity index (χ4n) is 1.89. The van der Waals surface area contributed by atoms with Crippen molar-refractivity contribution in [3.8, 4) is 5.75 Å². The Balaban J connectivity index is 1.95. The largest absolute Gasteiger partial charge is 0.435 e. The molecule has 0 bridgehead atoms. The van der Waals surface area contributed by atoms with Crippen molar-refractivity contribution in [2.45, 2.75) is 20.1 Å². The lowest BCUT2D eigenvalue weighted by Gasteiger charge is -2.08. The standard InChI is InChI=1S/C16H14F3NO2/c1-10-8-11(2-7-14(10)17)9-20-15(21)12-3-5-13(6-4-12)22-16(18)19/h2-8,16H,9H2,1H3,(H,20,21). The van der Waals surface area contributed by atoms with Crippen LogP contribution in [-0.2, 0) is 6.54 Å². The Morgan fingerprint density at radius 3 is 2.45 bits per heavy atom. The van der Waals surface area contributed by atoms with Crippen molar-refractivity contribution >= 4 is 5.91 Å². The molecule has 0 saturated heterocycles. The van der Waals surface area contributed by atoms with Crippen molar-refractivity contribution in [2.24, 2.45) is 0 Å². The van der Waals surface area contributed by atoms with Gasteiger partial charge in [-0.05, 0) is 48.4 Å². The molecule has 1 amide bonds. The lowest BCUT2D eigenvalue weighted by Crippen LogP contribution is -2.22. The average molecular weight is 309 g/mol. The topological polar surface area (TPSA) is 38.3 Å². The van der Waals surface area contributed by atoms with Gasteiger partial charge in [0.1, 0.15) is 11.6 Å². The van der Waals surface area contributed by atoms with Gasteiger partial charge in [0.2, 0.25) is 0 Å². The van der Waals surface area contributed by atoms with E-state index in [1.54, 1.807) is 19.1 Å². The smallest absolute Gasteiger partial charge is 0.387 e. The lowest BCUT2D eigenvalue weighted by atomic mass is 10.1. The predicted octanol–water partition coefficient (Wildman–Crippen LogP) is 3.67. The highest BCUT2D eigenvalue weighted by Crippen LogP contribution is 2.15. The molecule has 0 radical (unpaired) electrons. The SMILES string of the molecule is Cc1cc(CNC(=O)c2ccc(OC(F)F)cc2)ccc1F. The van der Waals surface area contributed by atoms with E-state index in [0.717, 1.165) is 5.56 Å². The van der Waals surface area contributed by atoms with Gasteiger partial charge < -0.3 is 10.1 Å². The summed E-state index contributed by atoms with van der Waals surface area (Å²) in [6.45, 7) is -1.01. The Kier molecular flexibility index (Phi) is 5.04. The molecule has 0 aliphatic rings. The molecule has 3 nitrogen and oxygen atoms in total. The summed E-state index contributed by atoms with van der Waals surface area (Å²) >= 11 is 0. The Morgan fingerprint density at radius 2 is 1.86 bits per heavy atom. The molecular weight excluding hydrogens is 295 g/mol. The minimum atomic E-state index is -2.90. The quantitative estimate of drug-likeness (QED) is 0.915. The van der Waals surface area contributed by atoms with E-state index in [9.17, 15) is 18.0 Å². The van der Waals surface area contributed by atoms with Gasteiger partial charge >= 0.3 is 6.61 Å². The number of nitrogens with one attached hydrogen (secondary N) is 1. The normalized spacial score (nSPS) is 10.6. The highest BCUT2D eigenvalue weighted by molar-refractivity contribution is 5.94. The predicted molar refractivity (Wildman–Crippen MR) is 75.4 cm³/mol. The Labute approximate surface area is 125 Å². The summed E-state index contributed by atoms with van der Waals surface area (Å²) in [5.74, 6) is -0.670. The molecule has 0 fully saturated rings. The molecule has 0 unspecified atom stereocenters. The number of carbonyl (C=O) groups excluding carboxylic acids is 1. The molecular formula is C16H14F3NO2. The van der Waals surface area contributed by atoms with Crippen LogP contribution in [-0.4, -0.2) is 12.5 Å². The summed E-state index contributed by atoms with van der Waals surface area (Å²) in [7, 11) is 0. The van der Waals surface area contributed by atoms with Gasteiger partial charge in [-0.25, -0.2) is 4.39 Å². The highest BCUT2D eigenvalue weighted by Gasteiger charge is 2.08. The second-order valence-electron chi connectivity index (χ2n) is 4.67. The van der Waals surface area contributed by atoms with E-state index in [1.807, 2.05) is 0 Å². The van der Waals surface area contributed by atoms with Crippen molar-refractivity contribution in [3.05, 3.63) is 65.0 Å². The van der Waals surface area contributed by atoms with Gasteiger partial charge in [-0.3, -0.25) is 4.79 Å². The van der Waals surface area contributed by atoms with E-state index in [1.165, 1.54) is 30.3 Å². The van der Waals surface area contributed by atoms with Crippen LogP contribution in [0, 0.1) is 12.7 Å². The van der Waals surface area contributed by atoms with Crippen LogP contribution in [0.2, 0.25) is 0 Å². The highest BCUT2D eigenvalue weighted by atomic mass is 19.3. The maximum absolute atomic E-state index is 13.1. The van der Waals surface area contributed by atoms with Crippen LogP contribution in [0.1, 0.15) is 21.5 Å². The molecule has 1 N–H and O–H groups in total. The third kappa shape index (κ3) is 4.25. The summed E-state index contributed by atoms with van der Waals surface area (Å²) < 4.78 is 41.4. The van der Waals surface area contributed by atoms with Crippen molar-refractivity contribution in [2.75, 3.05) is 0 Å². The van der Waals surface area contributed by atoms with Gasteiger partial charge in [0.05, 0.1) is 0 Å². The van der Waals surface area contributed by atoms with Crippen LogP contribution < -0.4 is 10.1 Å². The third-order valence-corrected chi connectivity index (χ3v) is 3.02. The first-order valence-corrected chi connectivity index (χ1v) is 6.54. The summed E-state index contributed by atoms with van der Waals surface area (Å²) in [6.07, 6.45) is 0. The van der Waals surface area contributed by atoms with Crippen molar-refractivity contribution in [1.29, 1.82) is 0 Å². The average Bonchev–Trinajstić information content (AvgIpc) is 2.48. The van der Waals surface area contributed by atoms with Crippen LogP contribution in [0.25, 0.3) is 0 Å². The molecule has 2 aromatic rings. The molecule has 0 aromatic heterocycles. The van der Waals surface area contributed by atoms with Crippen LogP contribution in [0.4, 0.5) is 13.2 Å². The maximum atomic E-state index is 13.1. The Hall–Kier alpha value is -2.50. The lowest BCUT2D eigenvalue weighted by molar-refractivity contribution is -0.0498. The van der Waals surface area contributed by atoms with Crippen molar-refractivity contribution in [1.82, 2.24) is 5.32 Å². The Bertz CT molecular complexity index is 657. The van der Waals surface area contributed by atoms with Gasteiger partial charge in [-0.2, -0.15) is 8.78 Å². The molecule has 0 spiro atoms. The number of carbonyl (C=O) groups is 1. The van der Waals surface area contributed by atoms with E-state index < -0.39 is 6.61 Å². The number of halogens is 3. The Morgan fingerprint density at radius 1 is 1.18 bits per heavy atom. The number of hydrogen-bond donors (Lipinski definition) is 1. The van der Waals surface area contributed by atoms with Crippen molar-refractivity contribution < 1.29 is 22.7 Å². The first-order valence-electron chi connectivity index (χ1n) is 6.54. The van der Waals surface area contributed by atoms with Crippen LogP contribution in [0.3, 0.4) is 0 Å². The zero-order chi connectivity index (χ0) is 16.1. The van der Waals surface area contributed by atoms with Crippen LogP contribution in [0.15, 0.2) is 42.5 Å². The number of alkyl halides is 2. The van der Waals surface area contributed by atoms with Gasteiger partial charge in [-0.1, -0.05) is 12.1 Å². The van der Waals surface area contributed by atoms with Gasteiger partial charge in [0.15, 0.2) is 0 Å². The molecule has 0 aliphatic heterocycles. The van der Waals surface area contributed by atoms with Crippen LogP contribution >= 0.6 is 0 Å². The summed E-state index contributed by atoms with van der Waals surface area (Å²) in [4.78, 5) is 11.9. The molecule has 22 heavy (non-hydrogen) atoms. The summed E-state index contributed by atoms with van der Waals surface area (Å²) in [5, 5.41) is 2.67. The molecule has 116 valence electrons. The van der Waals surface area contributed by atoms with E-state index in [0.29, 0.717) is 11.1 Å². The third-order valence-electron chi connectivity index (χ3n) is 3.02. The first kappa shape index (κ1) is 15.9. The van der Waals surface area contributed by atoms with Crippen LogP contribution in [0.5, 0.6) is 5.75 Å². The number of ether oxygens (including phenoxy) is 1.